The highest BCUT2D eigenvalue weighted by Gasteiger charge is 2.34. The number of nitro benzene ring substituents is 1. The van der Waals surface area contributed by atoms with E-state index >= 15 is 0 Å². The second-order valence-corrected chi connectivity index (χ2v) is 8.92. The van der Waals surface area contributed by atoms with Crippen LogP contribution in [0.5, 0.6) is 0 Å². The zero-order valence-corrected chi connectivity index (χ0v) is 17.6. The molecule has 154 valence electrons. The topological polar surface area (TPSA) is 101 Å². The molecule has 1 aliphatic rings. The van der Waals surface area contributed by atoms with E-state index in [0.717, 1.165) is 26.2 Å². The van der Waals surface area contributed by atoms with Crippen LogP contribution in [0.1, 0.15) is 10.9 Å². The first kappa shape index (κ1) is 19.5. The Morgan fingerprint density at radius 1 is 1.10 bits per heavy atom. The molecule has 0 aliphatic carbocycles. The lowest BCUT2D eigenvalue weighted by Crippen LogP contribution is -2.34. The van der Waals surface area contributed by atoms with Crippen LogP contribution < -0.4 is 5.43 Å². The maximum Gasteiger partial charge on any atom is 0.269 e. The van der Waals surface area contributed by atoms with Crippen molar-refractivity contribution in [3.8, 4) is 10.4 Å². The first-order valence-electron chi connectivity index (χ1n) is 9.35. The smallest absolute Gasteiger partial charge is 0.269 e. The van der Waals surface area contributed by atoms with Crippen molar-refractivity contribution in [2.75, 3.05) is 11.2 Å². The van der Waals surface area contributed by atoms with Crippen LogP contribution in [0, 0.1) is 10.1 Å². The molecule has 3 heterocycles. The first-order valence-corrected chi connectivity index (χ1v) is 11.2. The quantitative estimate of drug-likeness (QED) is 0.343. The van der Waals surface area contributed by atoms with Gasteiger partial charge in [0.1, 0.15) is 11.7 Å². The van der Waals surface area contributed by atoms with E-state index in [0.29, 0.717) is 11.6 Å². The number of hydrazine groups is 1. The lowest BCUT2D eigenvalue weighted by Gasteiger charge is -2.25. The Morgan fingerprint density at radius 3 is 2.61 bits per heavy atom. The van der Waals surface area contributed by atoms with Crippen molar-refractivity contribution < 1.29 is 9.72 Å². The van der Waals surface area contributed by atoms with Crippen molar-refractivity contribution in [1.29, 1.82) is 0 Å². The van der Waals surface area contributed by atoms with E-state index in [1.54, 1.807) is 23.5 Å². The Kier molecular flexibility index (Phi) is 5.00. The number of hydrogen-bond acceptors (Lipinski definition) is 8. The van der Waals surface area contributed by atoms with Crippen molar-refractivity contribution in [2.24, 2.45) is 0 Å². The molecule has 1 aliphatic heterocycles. The highest BCUT2D eigenvalue weighted by Crippen LogP contribution is 2.41. The summed E-state index contributed by atoms with van der Waals surface area (Å²) in [5, 5.41) is 12.2. The van der Waals surface area contributed by atoms with E-state index in [2.05, 4.69) is 15.4 Å². The molecule has 0 saturated carbocycles. The predicted molar refractivity (Wildman–Crippen MR) is 122 cm³/mol. The number of rotatable bonds is 5. The summed E-state index contributed by atoms with van der Waals surface area (Å²) in [5.74, 6) is 0.780. The minimum atomic E-state index is -0.439. The van der Waals surface area contributed by atoms with E-state index in [9.17, 15) is 14.9 Å². The monoisotopic (exact) mass is 449 g/mol. The number of nitrogens with one attached hydrogen (secondary N) is 1. The van der Waals surface area contributed by atoms with Crippen LogP contribution in [0.4, 0.5) is 11.5 Å². The second kappa shape index (κ2) is 7.97. The summed E-state index contributed by atoms with van der Waals surface area (Å²) in [6.45, 7) is 0. The number of aromatic nitrogens is 2. The number of nitro groups is 1. The van der Waals surface area contributed by atoms with Crippen LogP contribution in [0.3, 0.4) is 0 Å². The zero-order chi connectivity index (χ0) is 21.4. The SMILES string of the molecule is O=C1CSC(c2ccc([N+](=O)[O-])cc2)N1Nc1ncnc2cc(-c3ccccc3)sc12. The van der Waals surface area contributed by atoms with Crippen LogP contribution in [0.2, 0.25) is 0 Å². The first-order chi connectivity index (χ1) is 15.1. The molecule has 1 amide bonds. The Balaban J connectivity index is 1.47. The van der Waals surface area contributed by atoms with Gasteiger partial charge in [0.2, 0.25) is 0 Å². The van der Waals surface area contributed by atoms with E-state index in [4.69, 9.17) is 0 Å². The number of nitrogens with zero attached hydrogens (tertiary/aromatic N) is 4. The van der Waals surface area contributed by atoms with Gasteiger partial charge >= 0.3 is 0 Å². The molecule has 5 rings (SSSR count). The Labute approximate surface area is 185 Å². The molecular formula is C21H15N5O3S2. The zero-order valence-electron chi connectivity index (χ0n) is 16.0. The summed E-state index contributed by atoms with van der Waals surface area (Å²) < 4.78 is 0.855. The van der Waals surface area contributed by atoms with Crippen molar-refractivity contribution >= 4 is 50.7 Å². The number of amides is 1. The van der Waals surface area contributed by atoms with Gasteiger partial charge in [-0.15, -0.1) is 23.1 Å². The van der Waals surface area contributed by atoms with Crippen molar-refractivity contribution in [3.63, 3.8) is 0 Å². The minimum absolute atomic E-state index is 0.0159. The van der Waals surface area contributed by atoms with Crippen LogP contribution >= 0.6 is 23.1 Å². The molecule has 1 saturated heterocycles. The largest absolute Gasteiger partial charge is 0.277 e. The molecule has 1 atom stereocenters. The fraction of sp³-hybridized carbons (Fsp3) is 0.0952. The van der Waals surface area contributed by atoms with Gasteiger partial charge in [-0.1, -0.05) is 30.3 Å². The summed E-state index contributed by atoms with van der Waals surface area (Å²) >= 11 is 3.01. The van der Waals surface area contributed by atoms with Crippen LogP contribution in [-0.2, 0) is 4.79 Å². The van der Waals surface area contributed by atoms with Gasteiger partial charge in [-0.25, -0.2) is 15.0 Å². The van der Waals surface area contributed by atoms with Gasteiger partial charge in [-0.05, 0) is 29.3 Å². The molecule has 4 aromatic rings. The van der Waals surface area contributed by atoms with Gasteiger partial charge < -0.3 is 0 Å². The van der Waals surface area contributed by atoms with Gasteiger partial charge in [-0.2, -0.15) is 0 Å². The lowest BCUT2D eigenvalue weighted by molar-refractivity contribution is -0.384. The number of carbonyl (C=O) groups excluding carboxylic acids is 1. The third kappa shape index (κ3) is 3.71. The lowest BCUT2D eigenvalue weighted by atomic mass is 10.2. The maximum absolute atomic E-state index is 12.6. The summed E-state index contributed by atoms with van der Waals surface area (Å²) in [4.78, 5) is 32.9. The molecule has 1 N–H and O–H groups in total. The normalized spacial score (nSPS) is 16.1. The van der Waals surface area contributed by atoms with Crippen LogP contribution in [0.15, 0.2) is 67.0 Å². The summed E-state index contributed by atoms with van der Waals surface area (Å²) in [7, 11) is 0. The second-order valence-electron chi connectivity index (χ2n) is 6.80. The van der Waals surface area contributed by atoms with Gasteiger partial charge in [0.25, 0.3) is 11.6 Å². The van der Waals surface area contributed by atoms with E-state index < -0.39 is 4.92 Å². The molecule has 0 radical (unpaired) electrons. The van der Waals surface area contributed by atoms with Crippen molar-refractivity contribution in [1.82, 2.24) is 15.0 Å². The van der Waals surface area contributed by atoms with Crippen molar-refractivity contribution in [2.45, 2.75) is 5.37 Å². The van der Waals surface area contributed by atoms with E-state index in [1.807, 2.05) is 36.4 Å². The summed E-state index contributed by atoms with van der Waals surface area (Å²) in [5.41, 5.74) is 5.88. The molecule has 2 aromatic carbocycles. The Morgan fingerprint density at radius 2 is 1.87 bits per heavy atom. The van der Waals surface area contributed by atoms with Gasteiger partial charge in [-0.3, -0.25) is 20.3 Å². The molecule has 0 bridgehead atoms. The average molecular weight is 450 g/mol. The van der Waals surface area contributed by atoms with Crippen LogP contribution in [0.25, 0.3) is 20.7 Å². The molecule has 2 aromatic heterocycles. The Bertz CT molecular complexity index is 1280. The third-order valence-corrected chi connectivity index (χ3v) is 7.25. The number of thioether (sulfide) groups is 1. The number of hydrogen-bond donors (Lipinski definition) is 1. The number of thiophene rings is 1. The van der Waals surface area contributed by atoms with Gasteiger partial charge in [0, 0.05) is 17.0 Å². The van der Waals surface area contributed by atoms with Gasteiger partial charge in [0.05, 0.1) is 20.9 Å². The maximum atomic E-state index is 12.6. The number of benzene rings is 2. The number of carbonyl (C=O) groups is 1. The minimum Gasteiger partial charge on any atom is -0.277 e. The third-order valence-electron chi connectivity index (χ3n) is 4.85. The predicted octanol–water partition coefficient (Wildman–Crippen LogP) is 4.87. The fourth-order valence-electron chi connectivity index (χ4n) is 3.34. The molecular weight excluding hydrogens is 434 g/mol. The summed E-state index contributed by atoms with van der Waals surface area (Å²) in [6.07, 6.45) is 1.47. The van der Waals surface area contributed by atoms with E-state index in [1.165, 1.54) is 35.2 Å². The molecule has 1 unspecified atom stereocenters. The van der Waals surface area contributed by atoms with E-state index in [-0.39, 0.29) is 17.0 Å². The molecule has 0 spiro atoms. The number of non-ortho nitro benzene ring substituents is 1. The van der Waals surface area contributed by atoms with Crippen molar-refractivity contribution in [3.05, 3.63) is 82.7 Å². The number of fused-ring (bicyclic) bond motifs is 1. The van der Waals surface area contributed by atoms with Crippen LogP contribution in [-0.4, -0.2) is 31.6 Å². The molecule has 1 fully saturated rings. The number of anilines is 1. The Hall–Kier alpha value is -3.50. The summed E-state index contributed by atoms with van der Waals surface area (Å²) in [6, 6.07) is 18.3. The molecule has 10 heteroatoms. The average Bonchev–Trinajstić information content (AvgIpc) is 3.39. The highest BCUT2D eigenvalue weighted by atomic mass is 32.2. The molecule has 31 heavy (non-hydrogen) atoms. The van der Waals surface area contributed by atoms with Gasteiger partial charge in [0.15, 0.2) is 5.82 Å². The highest BCUT2D eigenvalue weighted by molar-refractivity contribution is 8.00. The fourth-order valence-corrected chi connectivity index (χ4v) is 5.51. The molecule has 8 nitrogen and oxygen atoms in total. The standard InChI is InChI=1S/C21H15N5O3S2/c27-18-11-30-21(14-6-8-15(9-7-14)26(28)29)25(18)24-20-19-16(22-12-23-20)10-17(31-19)13-4-2-1-3-5-13/h1-10,12,21H,11H2,(H,22,23,24).